The van der Waals surface area contributed by atoms with Gasteiger partial charge >= 0.3 is 0 Å². The van der Waals surface area contributed by atoms with Crippen LogP contribution in [0.2, 0.25) is 0 Å². The minimum Gasteiger partial charge on any atom is -0.451 e. The number of aryl methyl sites for hydroxylation is 1. The van der Waals surface area contributed by atoms with Crippen molar-refractivity contribution in [2.45, 2.75) is 38.1 Å². The highest BCUT2D eigenvalue weighted by Gasteiger charge is 2.36. The van der Waals surface area contributed by atoms with Crippen molar-refractivity contribution in [2.24, 2.45) is 5.73 Å². The van der Waals surface area contributed by atoms with Gasteiger partial charge in [0.25, 0.3) is 5.89 Å². The van der Waals surface area contributed by atoms with Gasteiger partial charge in [-0.15, -0.1) is 0 Å². The van der Waals surface area contributed by atoms with E-state index in [1.54, 1.807) is 0 Å². The van der Waals surface area contributed by atoms with E-state index in [-0.39, 0.29) is 0 Å². The fourth-order valence-corrected chi connectivity index (χ4v) is 3.51. The van der Waals surface area contributed by atoms with E-state index < -0.39 is 5.54 Å². The lowest BCUT2D eigenvalue weighted by Crippen LogP contribution is -2.34. The Morgan fingerprint density at radius 3 is 2.82 bits per heavy atom. The van der Waals surface area contributed by atoms with Crippen LogP contribution in [0.25, 0.3) is 22.6 Å². The summed E-state index contributed by atoms with van der Waals surface area (Å²) in [6, 6.07) is 5.90. The zero-order valence-corrected chi connectivity index (χ0v) is 13.8. The number of fused-ring (bicyclic) bond motifs is 1. The Bertz CT molecular complexity index is 846. The third-order valence-electron chi connectivity index (χ3n) is 4.46. The second-order valence-corrected chi connectivity index (χ2v) is 6.90. The lowest BCUT2D eigenvalue weighted by Gasteiger charge is -2.17. The quantitative estimate of drug-likeness (QED) is 0.736. The van der Waals surface area contributed by atoms with Crippen molar-refractivity contribution in [3.05, 3.63) is 34.1 Å². The van der Waals surface area contributed by atoms with Gasteiger partial charge in [0.15, 0.2) is 11.6 Å². The Balaban J connectivity index is 1.79. The fourth-order valence-electron chi connectivity index (χ4n) is 3.14. The molecule has 0 radical (unpaired) electrons. The SMILES string of the molecule is Cc1c(-c2nc(C3(N)CCCC3)no2)oc2ccc(Br)cc12. The zero-order valence-electron chi connectivity index (χ0n) is 12.2. The Morgan fingerprint density at radius 1 is 1.27 bits per heavy atom. The number of benzene rings is 1. The number of nitrogens with two attached hydrogens (primary N) is 1. The van der Waals surface area contributed by atoms with E-state index >= 15 is 0 Å². The maximum Gasteiger partial charge on any atom is 0.294 e. The number of hydrogen-bond donors (Lipinski definition) is 1. The first-order valence-corrected chi connectivity index (χ1v) is 8.18. The molecule has 6 heteroatoms. The third-order valence-corrected chi connectivity index (χ3v) is 4.95. The lowest BCUT2D eigenvalue weighted by molar-refractivity contribution is 0.369. The number of hydrogen-bond acceptors (Lipinski definition) is 5. The summed E-state index contributed by atoms with van der Waals surface area (Å²) in [4.78, 5) is 4.50. The predicted octanol–water partition coefficient (Wildman–Crippen LogP) is 4.28. The molecule has 114 valence electrons. The van der Waals surface area contributed by atoms with E-state index in [2.05, 4.69) is 26.1 Å². The topological polar surface area (TPSA) is 78.1 Å². The van der Waals surface area contributed by atoms with Gasteiger partial charge in [0.2, 0.25) is 0 Å². The van der Waals surface area contributed by atoms with Gasteiger partial charge in [-0.05, 0) is 38.0 Å². The Labute approximate surface area is 136 Å². The standard InChI is InChI=1S/C16H16BrN3O2/c1-9-11-8-10(17)4-5-12(11)21-13(9)14-19-15(20-22-14)16(18)6-2-3-7-16/h4-5,8H,2-3,6-7,18H2,1H3. The highest BCUT2D eigenvalue weighted by Crippen LogP contribution is 2.37. The number of furan rings is 1. The summed E-state index contributed by atoms with van der Waals surface area (Å²) in [5.41, 5.74) is 7.72. The molecule has 0 amide bonds. The molecule has 0 unspecified atom stereocenters. The monoisotopic (exact) mass is 361 g/mol. The zero-order chi connectivity index (χ0) is 15.3. The van der Waals surface area contributed by atoms with Gasteiger partial charge in [-0.25, -0.2) is 0 Å². The predicted molar refractivity (Wildman–Crippen MR) is 86.3 cm³/mol. The number of aromatic nitrogens is 2. The molecule has 2 aromatic heterocycles. The molecule has 1 aromatic carbocycles. The van der Waals surface area contributed by atoms with Crippen molar-refractivity contribution >= 4 is 26.9 Å². The van der Waals surface area contributed by atoms with Crippen LogP contribution in [0.5, 0.6) is 0 Å². The average Bonchev–Trinajstić information content (AvgIpc) is 3.20. The van der Waals surface area contributed by atoms with Crippen LogP contribution >= 0.6 is 15.9 Å². The smallest absolute Gasteiger partial charge is 0.294 e. The van der Waals surface area contributed by atoms with E-state index in [0.29, 0.717) is 17.5 Å². The molecule has 1 aliphatic carbocycles. The largest absolute Gasteiger partial charge is 0.451 e. The maximum atomic E-state index is 6.38. The molecule has 4 rings (SSSR count). The molecule has 0 atom stereocenters. The highest BCUT2D eigenvalue weighted by atomic mass is 79.9. The van der Waals surface area contributed by atoms with Crippen LogP contribution < -0.4 is 5.73 Å². The minimum atomic E-state index is -0.454. The van der Waals surface area contributed by atoms with Crippen molar-refractivity contribution in [1.82, 2.24) is 10.1 Å². The van der Waals surface area contributed by atoms with E-state index in [9.17, 15) is 0 Å². The van der Waals surface area contributed by atoms with Gasteiger partial charge in [0.1, 0.15) is 5.58 Å². The molecular weight excluding hydrogens is 346 g/mol. The third kappa shape index (κ3) is 2.09. The van der Waals surface area contributed by atoms with E-state index in [0.717, 1.165) is 46.7 Å². The number of nitrogens with zero attached hydrogens (tertiary/aromatic N) is 2. The summed E-state index contributed by atoms with van der Waals surface area (Å²) in [5, 5.41) is 5.13. The average molecular weight is 362 g/mol. The second-order valence-electron chi connectivity index (χ2n) is 5.98. The van der Waals surface area contributed by atoms with Crippen molar-refractivity contribution in [3.63, 3.8) is 0 Å². The summed E-state index contributed by atoms with van der Waals surface area (Å²) >= 11 is 3.48. The van der Waals surface area contributed by atoms with Gasteiger partial charge in [-0.1, -0.05) is 33.9 Å². The summed E-state index contributed by atoms with van der Waals surface area (Å²) in [5.74, 6) is 1.60. The second kappa shape index (κ2) is 4.93. The first kappa shape index (κ1) is 14.0. The molecule has 1 saturated carbocycles. The van der Waals surface area contributed by atoms with Gasteiger partial charge in [0.05, 0.1) is 5.54 Å². The maximum absolute atomic E-state index is 6.38. The first-order valence-electron chi connectivity index (χ1n) is 7.39. The van der Waals surface area contributed by atoms with Gasteiger partial charge in [-0.3, -0.25) is 0 Å². The normalized spacial score (nSPS) is 17.4. The Hall–Kier alpha value is -1.66. The summed E-state index contributed by atoms with van der Waals surface area (Å²) in [7, 11) is 0. The molecule has 0 aliphatic heterocycles. The molecular formula is C16H16BrN3O2. The molecule has 5 nitrogen and oxygen atoms in total. The van der Waals surface area contributed by atoms with Crippen LogP contribution in [-0.4, -0.2) is 10.1 Å². The summed E-state index contributed by atoms with van der Waals surface area (Å²) in [6.45, 7) is 1.99. The van der Waals surface area contributed by atoms with Crippen LogP contribution in [0.4, 0.5) is 0 Å². The molecule has 2 N–H and O–H groups in total. The molecule has 3 aromatic rings. The number of halogens is 1. The first-order chi connectivity index (χ1) is 10.6. The van der Waals surface area contributed by atoms with Crippen LogP contribution in [0.3, 0.4) is 0 Å². The molecule has 22 heavy (non-hydrogen) atoms. The molecule has 0 saturated heterocycles. The lowest BCUT2D eigenvalue weighted by atomic mass is 9.99. The van der Waals surface area contributed by atoms with E-state index in [1.807, 2.05) is 25.1 Å². The molecule has 0 bridgehead atoms. The summed E-state index contributed by atoms with van der Waals surface area (Å²) < 4.78 is 12.3. The fraction of sp³-hybridized carbons (Fsp3) is 0.375. The van der Waals surface area contributed by atoms with Crippen LogP contribution in [0.1, 0.15) is 37.1 Å². The van der Waals surface area contributed by atoms with Gasteiger partial charge in [-0.2, -0.15) is 4.98 Å². The van der Waals surface area contributed by atoms with Crippen molar-refractivity contribution in [1.29, 1.82) is 0 Å². The van der Waals surface area contributed by atoms with Gasteiger partial charge in [0, 0.05) is 15.4 Å². The van der Waals surface area contributed by atoms with Crippen LogP contribution in [0, 0.1) is 6.92 Å². The minimum absolute atomic E-state index is 0.400. The molecule has 1 aliphatic rings. The Morgan fingerprint density at radius 2 is 2.05 bits per heavy atom. The van der Waals surface area contributed by atoms with Crippen LogP contribution in [-0.2, 0) is 5.54 Å². The van der Waals surface area contributed by atoms with Crippen molar-refractivity contribution in [3.8, 4) is 11.7 Å². The Kier molecular flexibility index (Phi) is 3.13. The van der Waals surface area contributed by atoms with E-state index in [4.69, 9.17) is 14.7 Å². The number of rotatable bonds is 2. The van der Waals surface area contributed by atoms with E-state index in [1.165, 1.54) is 0 Å². The molecule has 0 spiro atoms. The molecule has 2 heterocycles. The van der Waals surface area contributed by atoms with Crippen molar-refractivity contribution in [2.75, 3.05) is 0 Å². The summed E-state index contributed by atoms with van der Waals surface area (Å²) in [6.07, 6.45) is 4.02. The van der Waals surface area contributed by atoms with Crippen molar-refractivity contribution < 1.29 is 8.94 Å². The molecule has 1 fully saturated rings. The van der Waals surface area contributed by atoms with Gasteiger partial charge < -0.3 is 14.7 Å². The highest BCUT2D eigenvalue weighted by molar-refractivity contribution is 9.10. The van der Waals surface area contributed by atoms with Crippen LogP contribution in [0.15, 0.2) is 31.6 Å².